The van der Waals surface area contributed by atoms with Crippen LogP contribution < -0.4 is 16.0 Å². The second kappa shape index (κ2) is 9.43. The van der Waals surface area contributed by atoms with Crippen molar-refractivity contribution in [1.29, 1.82) is 0 Å². The van der Waals surface area contributed by atoms with Crippen LogP contribution in [0.5, 0.6) is 0 Å². The predicted octanol–water partition coefficient (Wildman–Crippen LogP) is 1.05. The van der Waals surface area contributed by atoms with Gasteiger partial charge in [0, 0.05) is 51.4 Å². The topological polar surface area (TPSA) is 61.6 Å². The lowest BCUT2D eigenvalue weighted by Crippen LogP contribution is -2.47. The normalized spacial score (nSPS) is 15.8. The van der Waals surface area contributed by atoms with Gasteiger partial charge in [0.05, 0.1) is 0 Å². The molecule has 2 rings (SSSR count). The molecule has 0 atom stereocenters. The van der Waals surface area contributed by atoms with Crippen molar-refractivity contribution in [3.05, 3.63) is 30.3 Å². The van der Waals surface area contributed by atoms with Gasteiger partial charge in [-0.25, -0.2) is 0 Å². The minimum atomic E-state index is 0.155. The summed E-state index contributed by atoms with van der Waals surface area (Å²) in [6.45, 7) is 6.40. The Morgan fingerprint density at radius 2 is 1.82 bits per heavy atom. The van der Waals surface area contributed by atoms with Crippen molar-refractivity contribution in [2.45, 2.75) is 19.3 Å². The van der Waals surface area contributed by atoms with E-state index in [-0.39, 0.29) is 5.91 Å². The molecule has 0 aromatic heterocycles. The maximum Gasteiger partial charge on any atom is 0.221 e. The van der Waals surface area contributed by atoms with E-state index in [1.54, 1.807) is 0 Å². The van der Waals surface area contributed by atoms with Crippen LogP contribution in [-0.4, -0.2) is 56.6 Å². The second-order valence-corrected chi connectivity index (χ2v) is 5.76. The number of anilines is 1. The maximum absolute atomic E-state index is 11.8. The SMILES string of the molecule is NCCCCNC(=O)CCN1CCN(c2ccccc2)CC1. The van der Waals surface area contributed by atoms with Crippen molar-refractivity contribution in [3.63, 3.8) is 0 Å². The van der Waals surface area contributed by atoms with Gasteiger partial charge in [-0.2, -0.15) is 0 Å². The molecule has 1 heterocycles. The summed E-state index contributed by atoms with van der Waals surface area (Å²) in [4.78, 5) is 16.5. The van der Waals surface area contributed by atoms with Crippen molar-refractivity contribution in [2.75, 3.05) is 50.7 Å². The third kappa shape index (κ3) is 5.66. The van der Waals surface area contributed by atoms with E-state index < -0.39 is 0 Å². The number of rotatable bonds is 8. The molecule has 0 unspecified atom stereocenters. The molecular formula is C17H28N4O. The quantitative estimate of drug-likeness (QED) is 0.705. The van der Waals surface area contributed by atoms with E-state index in [0.717, 1.165) is 52.1 Å². The highest BCUT2D eigenvalue weighted by atomic mass is 16.1. The van der Waals surface area contributed by atoms with E-state index in [0.29, 0.717) is 13.0 Å². The summed E-state index contributed by atoms with van der Waals surface area (Å²) in [5.74, 6) is 0.155. The fraction of sp³-hybridized carbons (Fsp3) is 0.588. The first-order valence-corrected chi connectivity index (χ1v) is 8.28. The number of nitrogens with two attached hydrogens (primary N) is 1. The van der Waals surface area contributed by atoms with Crippen LogP contribution in [0.3, 0.4) is 0 Å². The van der Waals surface area contributed by atoms with Gasteiger partial charge in [0.1, 0.15) is 0 Å². The summed E-state index contributed by atoms with van der Waals surface area (Å²) in [6, 6.07) is 10.5. The predicted molar refractivity (Wildman–Crippen MR) is 91.0 cm³/mol. The number of para-hydroxylation sites is 1. The summed E-state index contributed by atoms with van der Waals surface area (Å²) in [5.41, 5.74) is 6.72. The summed E-state index contributed by atoms with van der Waals surface area (Å²) < 4.78 is 0. The van der Waals surface area contributed by atoms with Crippen molar-refractivity contribution in [2.24, 2.45) is 5.73 Å². The number of nitrogens with zero attached hydrogens (tertiary/aromatic N) is 2. The smallest absolute Gasteiger partial charge is 0.221 e. The van der Waals surface area contributed by atoms with Gasteiger partial charge in [-0.3, -0.25) is 9.69 Å². The van der Waals surface area contributed by atoms with E-state index >= 15 is 0 Å². The highest BCUT2D eigenvalue weighted by molar-refractivity contribution is 5.76. The monoisotopic (exact) mass is 304 g/mol. The van der Waals surface area contributed by atoms with E-state index in [9.17, 15) is 4.79 Å². The van der Waals surface area contributed by atoms with Gasteiger partial charge in [0.15, 0.2) is 0 Å². The average molecular weight is 304 g/mol. The molecule has 1 saturated heterocycles. The molecule has 5 nitrogen and oxygen atoms in total. The molecule has 1 amide bonds. The summed E-state index contributed by atoms with van der Waals surface area (Å²) in [7, 11) is 0. The van der Waals surface area contributed by atoms with E-state index in [1.807, 2.05) is 6.07 Å². The largest absolute Gasteiger partial charge is 0.369 e. The van der Waals surface area contributed by atoms with Gasteiger partial charge in [-0.15, -0.1) is 0 Å². The zero-order valence-electron chi connectivity index (χ0n) is 13.3. The molecule has 1 aromatic rings. The number of carbonyl (C=O) groups is 1. The molecule has 0 aliphatic carbocycles. The van der Waals surface area contributed by atoms with Crippen LogP contribution in [0.15, 0.2) is 30.3 Å². The summed E-state index contributed by atoms with van der Waals surface area (Å²) in [6.07, 6.45) is 2.54. The highest BCUT2D eigenvalue weighted by Gasteiger charge is 2.17. The van der Waals surface area contributed by atoms with Crippen LogP contribution in [0.2, 0.25) is 0 Å². The molecule has 1 aliphatic rings. The number of unbranched alkanes of at least 4 members (excludes halogenated alkanes) is 1. The van der Waals surface area contributed by atoms with Crippen molar-refractivity contribution >= 4 is 11.6 Å². The molecule has 1 aromatic carbocycles. The minimum absolute atomic E-state index is 0.155. The van der Waals surface area contributed by atoms with Gasteiger partial charge in [0.2, 0.25) is 5.91 Å². The third-order valence-corrected chi connectivity index (χ3v) is 4.10. The third-order valence-electron chi connectivity index (χ3n) is 4.10. The van der Waals surface area contributed by atoms with E-state index in [4.69, 9.17) is 5.73 Å². The lowest BCUT2D eigenvalue weighted by molar-refractivity contribution is -0.121. The fourth-order valence-corrected chi connectivity index (χ4v) is 2.71. The molecule has 5 heteroatoms. The molecule has 0 radical (unpaired) electrons. The number of nitrogens with one attached hydrogen (secondary N) is 1. The molecule has 0 saturated carbocycles. The zero-order chi connectivity index (χ0) is 15.6. The van der Waals surface area contributed by atoms with Gasteiger partial charge in [-0.05, 0) is 31.5 Å². The van der Waals surface area contributed by atoms with E-state index in [2.05, 4.69) is 39.4 Å². The number of amides is 1. The van der Waals surface area contributed by atoms with Crippen LogP contribution >= 0.6 is 0 Å². The first kappa shape index (κ1) is 16.8. The Hall–Kier alpha value is -1.59. The molecule has 1 fully saturated rings. The molecule has 122 valence electrons. The van der Waals surface area contributed by atoms with Gasteiger partial charge in [0.25, 0.3) is 0 Å². The molecular weight excluding hydrogens is 276 g/mol. The van der Waals surface area contributed by atoms with Crippen LogP contribution in [0.4, 0.5) is 5.69 Å². The summed E-state index contributed by atoms with van der Waals surface area (Å²) >= 11 is 0. The van der Waals surface area contributed by atoms with Gasteiger partial charge >= 0.3 is 0 Å². The van der Waals surface area contributed by atoms with Crippen molar-refractivity contribution in [3.8, 4) is 0 Å². The molecule has 1 aliphatic heterocycles. The van der Waals surface area contributed by atoms with Crippen LogP contribution in [0, 0.1) is 0 Å². The lowest BCUT2D eigenvalue weighted by atomic mass is 10.2. The number of hydrogen-bond donors (Lipinski definition) is 2. The van der Waals surface area contributed by atoms with Crippen molar-refractivity contribution < 1.29 is 4.79 Å². The molecule has 0 spiro atoms. The number of benzene rings is 1. The maximum atomic E-state index is 11.8. The summed E-state index contributed by atoms with van der Waals surface area (Å²) in [5, 5.41) is 2.96. The Morgan fingerprint density at radius 1 is 1.09 bits per heavy atom. The first-order chi connectivity index (χ1) is 10.8. The lowest BCUT2D eigenvalue weighted by Gasteiger charge is -2.36. The Balaban J connectivity index is 1.60. The molecule has 22 heavy (non-hydrogen) atoms. The second-order valence-electron chi connectivity index (χ2n) is 5.76. The Bertz CT molecular complexity index is 430. The standard InChI is InChI=1S/C17H28N4O/c18-9-4-5-10-19-17(22)8-11-20-12-14-21(15-13-20)16-6-2-1-3-7-16/h1-3,6-7H,4-5,8-15,18H2,(H,19,22). The van der Waals surface area contributed by atoms with Gasteiger partial charge < -0.3 is 16.0 Å². The molecule has 3 N–H and O–H groups in total. The van der Waals surface area contributed by atoms with E-state index in [1.165, 1.54) is 5.69 Å². The highest BCUT2D eigenvalue weighted by Crippen LogP contribution is 2.15. The Labute approximate surface area is 133 Å². The zero-order valence-corrected chi connectivity index (χ0v) is 13.3. The number of carbonyl (C=O) groups excluding carboxylic acids is 1. The fourth-order valence-electron chi connectivity index (χ4n) is 2.71. The Morgan fingerprint density at radius 3 is 2.50 bits per heavy atom. The van der Waals surface area contributed by atoms with Gasteiger partial charge in [-0.1, -0.05) is 18.2 Å². The van der Waals surface area contributed by atoms with Crippen LogP contribution in [-0.2, 0) is 4.79 Å². The average Bonchev–Trinajstić information content (AvgIpc) is 2.58. The number of hydrogen-bond acceptors (Lipinski definition) is 4. The molecule has 0 bridgehead atoms. The van der Waals surface area contributed by atoms with Crippen LogP contribution in [0.1, 0.15) is 19.3 Å². The Kier molecular flexibility index (Phi) is 7.19. The first-order valence-electron chi connectivity index (χ1n) is 8.28. The number of piperazine rings is 1. The minimum Gasteiger partial charge on any atom is -0.369 e. The van der Waals surface area contributed by atoms with Crippen LogP contribution in [0.25, 0.3) is 0 Å². The van der Waals surface area contributed by atoms with Crippen molar-refractivity contribution in [1.82, 2.24) is 10.2 Å².